The number of fused-ring (bicyclic) bond motifs is 1. The summed E-state index contributed by atoms with van der Waals surface area (Å²) < 4.78 is 21.4. The minimum atomic E-state index is -0.326. The summed E-state index contributed by atoms with van der Waals surface area (Å²) in [5, 5.41) is 0.682. The summed E-state index contributed by atoms with van der Waals surface area (Å²) in [5.41, 5.74) is 3.00. The largest absolute Gasteiger partial charge is 0.382 e. The van der Waals surface area contributed by atoms with Gasteiger partial charge in [-0.3, -0.25) is 4.79 Å². The molecular weight excluding hydrogens is 329 g/mol. The van der Waals surface area contributed by atoms with Crippen molar-refractivity contribution in [2.45, 2.75) is 33.2 Å². The van der Waals surface area contributed by atoms with Gasteiger partial charge >= 0.3 is 0 Å². The molecule has 3 nitrogen and oxygen atoms in total. The van der Waals surface area contributed by atoms with E-state index in [4.69, 9.17) is 4.74 Å². The van der Waals surface area contributed by atoms with Gasteiger partial charge in [0.15, 0.2) is 5.78 Å². The van der Waals surface area contributed by atoms with Gasteiger partial charge in [-0.25, -0.2) is 4.39 Å². The molecule has 0 saturated carbocycles. The van der Waals surface area contributed by atoms with Crippen molar-refractivity contribution >= 4 is 16.7 Å². The van der Waals surface area contributed by atoms with Crippen LogP contribution in [0, 0.1) is 12.7 Å². The first kappa shape index (κ1) is 18.3. The molecule has 4 heteroatoms. The fraction of sp³-hybridized carbons (Fsp3) is 0.318. The lowest BCUT2D eigenvalue weighted by Gasteiger charge is -2.09. The van der Waals surface area contributed by atoms with Gasteiger partial charge in [0.05, 0.1) is 5.56 Å². The highest BCUT2D eigenvalue weighted by Crippen LogP contribution is 2.29. The molecule has 1 heterocycles. The van der Waals surface area contributed by atoms with Crippen LogP contribution in [0.1, 0.15) is 41.4 Å². The molecule has 0 fully saturated rings. The number of aromatic nitrogens is 1. The lowest BCUT2D eigenvalue weighted by atomic mass is 10.0. The van der Waals surface area contributed by atoms with E-state index in [-0.39, 0.29) is 11.6 Å². The van der Waals surface area contributed by atoms with Gasteiger partial charge in [0.2, 0.25) is 0 Å². The highest BCUT2D eigenvalue weighted by atomic mass is 19.1. The SMILES string of the molecule is CCOCCCCn1c(C)c(C(=O)c2ccccc2)c2cc(F)ccc21. The number of benzene rings is 2. The molecule has 0 aliphatic heterocycles. The van der Waals surface area contributed by atoms with Crippen molar-refractivity contribution in [2.24, 2.45) is 0 Å². The summed E-state index contributed by atoms with van der Waals surface area (Å²) in [6.45, 7) is 6.17. The van der Waals surface area contributed by atoms with Gasteiger partial charge in [-0.2, -0.15) is 0 Å². The van der Waals surface area contributed by atoms with Crippen LogP contribution in [0.15, 0.2) is 48.5 Å². The van der Waals surface area contributed by atoms with Crippen molar-refractivity contribution in [1.82, 2.24) is 4.57 Å². The minimum Gasteiger partial charge on any atom is -0.382 e. The third-order valence-electron chi connectivity index (χ3n) is 4.67. The first-order valence-electron chi connectivity index (χ1n) is 9.09. The van der Waals surface area contributed by atoms with E-state index in [0.29, 0.717) is 16.5 Å². The van der Waals surface area contributed by atoms with Crippen molar-refractivity contribution in [3.05, 3.63) is 71.2 Å². The molecule has 0 radical (unpaired) electrons. The average Bonchev–Trinajstić information content (AvgIpc) is 2.92. The first-order valence-corrected chi connectivity index (χ1v) is 9.09. The predicted octanol–water partition coefficient (Wildman–Crippen LogP) is 5.14. The van der Waals surface area contributed by atoms with Crippen molar-refractivity contribution in [2.75, 3.05) is 13.2 Å². The minimum absolute atomic E-state index is 0.0632. The van der Waals surface area contributed by atoms with Gasteiger partial charge < -0.3 is 9.30 Å². The number of aryl methyl sites for hydroxylation is 1. The van der Waals surface area contributed by atoms with Crippen LogP contribution in [0.3, 0.4) is 0 Å². The van der Waals surface area contributed by atoms with E-state index in [2.05, 4.69) is 4.57 Å². The van der Waals surface area contributed by atoms with Crippen molar-refractivity contribution in [3.63, 3.8) is 0 Å². The monoisotopic (exact) mass is 353 g/mol. The zero-order chi connectivity index (χ0) is 18.5. The highest BCUT2D eigenvalue weighted by Gasteiger charge is 2.21. The van der Waals surface area contributed by atoms with Crippen LogP contribution in [0.25, 0.3) is 10.9 Å². The number of unbranched alkanes of at least 4 members (excludes halogenated alkanes) is 1. The number of ether oxygens (including phenoxy) is 1. The summed E-state index contributed by atoms with van der Waals surface area (Å²) in [6, 6.07) is 13.8. The Kier molecular flexibility index (Phi) is 5.84. The van der Waals surface area contributed by atoms with Gasteiger partial charge in [0.25, 0.3) is 0 Å². The molecule has 0 aliphatic rings. The molecule has 0 aliphatic carbocycles. The Hall–Kier alpha value is -2.46. The molecule has 3 rings (SSSR count). The molecule has 136 valence electrons. The lowest BCUT2D eigenvalue weighted by Crippen LogP contribution is -2.06. The Labute approximate surface area is 153 Å². The number of rotatable bonds is 8. The topological polar surface area (TPSA) is 31.2 Å². The van der Waals surface area contributed by atoms with Gasteiger partial charge in [0, 0.05) is 41.9 Å². The van der Waals surface area contributed by atoms with Gasteiger partial charge in [-0.15, -0.1) is 0 Å². The van der Waals surface area contributed by atoms with E-state index in [1.807, 2.05) is 32.0 Å². The predicted molar refractivity (Wildman–Crippen MR) is 102 cm³/mol. The Morgan fingerprint density at radius 3 is 2.62 bits per heavy atom. The number of carbonyl (C=O) groups is 1. The van der Waals surface area contributed by atoms with Crippen LogP contribution in [-0.4, -0.2) is 23.6 Å². The van der Waals surface area contributed by atoms with Crippen molar-refractivity contribution < 1.29 is 13.9 Å². The summed E-state index contributed by atoms with van der Waals surface area (Å²) in [5.74, 6) is -0.389. The lowest BCUT2D eigenvalue weighted by molar-refractivity contribution is 0.103. The molecular formula is C22H24FNO2. The number of hydrogen-bond acceptors (Lipinski definition) is 2. The first-order chi connectivity index (χ1) is 12.6. The van der Waals surface area contributed by atoms with Gasteiger partial charge in [0.1, 0.15) is 5.82 Å². The van der Waals surface area contributed by atoms with Crippen LogP contribution in [0.5, 0.6) is 0 Å². The molecule has 1 aromatic heterocycles. The van der Waals surface area contributed by atoms with Crippen molar-refractivity contribution in [3.8, 4) is 0 Å². The fourth-order valence-electron chi connectivity index (χ4n) is 3.38. The number of carbonyl (C=O) groups excluding carboxylic acids is 1. The van der Waals surface area contributed by atoms with E-state index in [1.54, 1.807) is 18.2 Å². The number of hydrogen-bond donors (Lipinski definition) is 0. The summed E-state index contributed by atoms with van der Waals surface area (Å²) >= 11 is 0. The third-order valence-corrected chi connectivity index (χ3v) is 4.67. The molecule has 0 unspecified atom stereocenters. The molecule has 0 atom stereocenters. The molecule has 0 amide bonds. The van der Waals surface area contributed by atoms with Crippen LogP contribution in [-0.2, 0) is 11.3 Å². The maximum absolute atomic E-state index is 13.9. The molecule has 26 heavy (non-hydrogen) atoms. The maximum Gasteiger partial charge on any atom is 0.195 e. The number of nitrogens with zero attached hydrogens (tertiary/aromatic N) is 1. The molecule has 3 aromatic rings. The Morgan fingerprint density at radius 1 is 1.12 bits per heavy atom. The Morgan fingerprint density at radius 2 is 1.88 bits per heavy atom. The van der Waals surface area contributed by atoms with Crippen LogP contribution in [0.2, 0.25) is 0 Å². The summed E-state index contributed by atoms with van der Waals surface area (Å²) in [7, 11) is 0. The van der Waals surface area contributed by atoms with Crippen LogP contribution >= 0.6 is 0 Å². The van der Waals surface area contributed by atoms with Gasteiger partial charge in [-0.05, 0) is 44.9 Å². The van der Waals surface area contributed by atoms with E-state index in [0.717, 1.165) is 43.8 Å². The summed E-state index contributed by atoms with van der Waals surface area (Å²) in [4.78, 5) is 13.1. The van der Waals surface area contributed by atoms with E-state index in [9.17, 15) is 9.18 Å². The molecule has 0 spiro atoms. The smallest absolute Gasteiger partial charge is 0.195 e. The number of ketones is 1. The van der Waals surface area contributed by atoms with Gasteiger partial charge in [-0.1, -0.05) is 30.3 Å². The normalized spacial score (nSPS) is 11.2. The summed E-state index contributed by atoms with van der Waals surface area (Å²) in [6.07, 6.45) is 1.90. The fourth-order valence-corrected chi connectivity index (χ4v) is 3.38. The van der Waals surface area contributed by atoms with Crippen molar-refractivity contribution in [1.29, 1.82) is 0 Å². The second-order valence-corrected chi connectivity index (χ2v) is 6.37. The standard InChI is InChI=1S/C22H24FNO2/c1-3-26-14-8-7-13-24-16(2)21(19-15-18(23)11-12-20(19)24)22(25)17-9-5-4-6-10-17/h4-6,9-12,15H,3,7-8,13-14H2,1-2H3. The molecule has 0 saturated heterocycles. The Balaban J connectivity index is 1.99. The zero-order valence-corrected chi connectivity index (χ0v) is 15.3. The quantitative estimate of drug-likeness (QED) is 0.415. The second-order valence-electron chi connectivity index (χ2n) is 6.37. The van der Waals surface area contributed by atoms with E-state index in [1.165, 1.54) is 12.1 Å². The highest BCUT2D eigenvalue weighted by molar-refractivity contribution is 6.17. The Bertz CT molecular complexity index is 899. The zero-order valence-electron chi connectivity index (χ0n) is 15.3. The molecule has 0 bridgehead atoms. The van der Waals surface area contributed by atoms with E-state index >= 15 is 0 Å². The molecule has 0 N–H and O–H groups in total. The molecule has 2 aromatic carbocycles. The average molecular weight is 353 g/mol. The van der Waals surface area contributed by atoms with Crippen LogP contribution < -0.4 is 0 Å². The second kappa shape index (κ2) is 8.28. The maximum atomic E-state index is 13.9. The van der Waals surface area contributed by atoms with E-state index < -0.39 is 0 Å². The number of halogens is 1. The van der Waals surface area contributed by atoms with Crippen LogP contribution in [0.4, 0.5) is 4.39 Å². The third kappa shape index (κ3) is 3.70.